The molecule has 2 aromatic rings. The lowest BCUT2D eigenvalue weighted by molar-refractivity contribution is 0.0946. The molecule has 0 radical (unpaired) electrons. The number of carbonyl (C=O) groups excluding carboxylic acids is 1. The summed E-state index contributed by atoms with van der Waals surface area (Å²) in [5.74, 6) is -0.647. The van der Waals surface area contributed by atoms with Crippen molar-refractivity contribution in [1.82, 2.24) is 15.7 Å². The summed E-state index contributed by atoms with van der Waals surface area (Å²) >= 11 is 0. The number of hydrogen-bond donors (Lipinski definition) is 2. The molecule has 0 aliphatic heterocycles. The van der Waals surface area contributed by atoms with Crippen LogP contribution in [0.2, 0.25) is 0 Å². The Labute approximate surface area is 127 Å². The van der Waals surface area contributed by atoms with E-state index in [1.807, 2.05) is 24.3 Å². The molecule has 1 aromatic carbocycles. The summed E-state index contributed by atoms with van der Waals surface area (Å²) in [7, 11) is 0. The average Bonchev–Trinajstić information content (AvgIpc) is 2.96. The first kappa shape index (κ1) is 15.5. The second kappa shape index (κ2) is 7.21. The van der Waals surface area contributed by atoms with Crippen molar-refractivity contribution in [3.63, 3.8) is 0 Å². The Bertz CT molecular complexity index is 646. The van der Waals surface area contributed by atoms with Crippen LogP contribution >= 0.6 is 0 Å². The SMILES string of the molecule is CCN(CC)c1ccc(C=NNC(=O)c2nonc2N)cc1. The van der Waals surface area contributed by atoms with Gasteiger partial charge in [0.25, 0.3) is 5.91 Å². The molecule has 0 atom stereocenters. The zero-order chi connectivity index (χ0) is 15.9. The molecule has 22 heavy (non-hydrogen) atoms. The molecule has 1 amide bonds. The first-order chi connectivity index (χ1) is 10.7. The van der Waals surface area contributed by atoms with Gasteiger partial charge in [0.15, 0.2) is 0 Å². The molecule has 0 aliphatic carbocycles. The van der Waals surface area contributed by atoms with E-state index in [1.54, 1.807) is 0 Å². The lowest BCUT2D eigenvalue weighted by Crippen LogP contribution is -2.21. The maximum atomic E-state index is 11.7. The van der Waals surface area contributed by atoms with E-state index in [0.29, 0.717) is 0 Å². The van der Waals surface area contributed by atoms with Crippen LogP contribution in [-0.2, 0) is 0 Å². The fourth-order valence-electron chi connectivity index (χ4n) is 1.93. The molecule has 1 heterocycles. The molecule has 0 aliphatic rings. The van der Waals surface area contributed by atoms with E-state index in [-0.39, 0.29) is 11.5 Å². The van der Waals surface area contributed by atoms with E-state index in [4.69, 9.17) is 5.73 Å². The molecular formula is C14H18N6O2. The fourth-order valence-corrected chi connectivity index (χ4v) is 1.93. The third kappa shape index (κ3) is 3.60. The highest BCUT2D eigenvalue weighted by atomic mass is 16.6. The van der Waals surface area contributed by atoms with Crippen LogP contribution in [0.5, 0.6) is 0 Å². The van der Waals surface area contributed by atoms with Crippen LogP contribution in [0.25, 0.3) is 0 Å². The third-order valence-corrected chi connectivity index (χ3v) is 3.13. The van der Waals surface area contributed by atoms with Gasteiger partial charge in [-0.15, -0.1) is 0 Å². The molecule has 0 saturated heterocycles. The molecule has 0 saturated carbocycles. The highest BCUT2D eigenvalue weighted by Crippen LogP contribution is 2.13. The van der Waals surface area contributed by atoms with Crippen molar-refractivity contribution in [2.24, 2.45) is 5.10 Å². The molecule has 0 spiro atoms. The molecule has 2 rings (SSSR count). The number of benzene rings is 1. The minimum atomic E-state index is -0.574. The van der Waals surface area contributed by atoms with Crippen LogP contribution in [0, 0.1) is 0 Å². The summed E-state index contributed by atoms with van der Waals surface area (Å²) in [4.78, 5) is 13.9. The quantitative estimate of drug-likeness (QED) is 0.614. The van der Waals surface area contributed by atoms with Crippen LogP contribution in [0.3, 0.4) is 0 Å². The number of amides is 1. The largest absolute Gasteiger partial charge is 0.379 e. The lowest BCUT2D eigenvalue weighted by atomic mass is 10.2. The van der Waals surface area contributed by atoms with E-state index >= 15 is 0 Å². The molecule has 8 nitrogen and oxygen atoms in total. The Morgan fingerprint density at radius 1 is 1.32 bits per heavy atom. The van der Waals surface area contributed by atoms with Gasteiger partial charge in [-0.2, -0.15) is 5.10 Å². The summed E-state index contributed by atoms with van der Waals surface area (Å²) in [5, 5.41) is 10.6. The summed E-state index contributed by atoms with van der Waals surface area (Å²) in [6.45, 7) is 6.12. The Kier molecular flexibility index (Phi) is 5.07. The zero-order valence-corrected chi connectivity index (χ0v) is 12.5. The van der Waals surface area contributed by atoms with E-state index in [9.17, 15) is 4.79 Å². The number of aromatic nitrogens is 2. The lowest BCUT2D eigenvalue weighted by Gasteiger charge is -2.20. The molecule has 0 bridgehead atoms. The third-order valence-electron chi connectivity index (χ3n) is 3.13. The van der Waals surface area contributed by atoms with Crippen molar-refractivity contribution >= 4 is 23.6 Å². The van der Waals surface area contributed by atoms with E-state index < -0.39 is 5.91 Å². The van der Waals surface area contributed by atoms with Crippen molar-refractivity contribution < 1.29 is 9.42 Å². The second-order valence-electron chi connectivity index (χ2n) is 4.46. The Balaban J connectivity index is 1.96. The fraction of sp³-hybridized carbons (Fsp3) is 0.286. The van der Waals surface area contributed by atoms with Crippen molar-refractivity contribution in [1.29, 1.82) is 0 Å². The predicted octanol–water partition coefficient (Wildman–Crippen LogP) is 1.26. The monoisotopic (exact) mass is 302 g/mol. The Morgan fingerprint density at radius 2 is 2.00 bits per heavy atom. The van der Waals surface area contributed by atoms with Crippen molar-refractivity contribution in [3.8, 4) is 0 Å². The first-order valence-corrected chi connectivity index (χ1v) is 6.92. The molecular weight excluding hydrogens is 284 g/mol. The van der Waals surface area contributed by atoms with Gasteiger partial charge in [0.2, 0.25) is 11.5 Å². The van der Waals surface area contributed by atoms with Crippen LogP contribution < -0.4 is 16.1 Å². The topological polar surface area (TPSA) is 110 Å². The number of carbonyl (C=O) groups is 1. The molecule has 0 fully saturated rings. The van der Waals surface area contributed by atoms with Gasteiger partial charge in [0.05, 0.1) is 6.21 Å². The molecule has 116 valence electrons. The van der Waals surface area contributed by atoms with Crippen LogP contribution in [-0.4, -0.2) is 35.5 Å². The number of nitrogens with one attached hydrogen (secondary N) is 1. The maximum Gasteiger partial charge on any atom is 0.297 e. The number of nitrogen functional groups attached to an aromatic ring is 1. The standard InChI is InChI=1S/C14H18N6O2/c1-3-20(4-2)11-7-5-10(6-8-11)9-16-17-14(21)12-13(15)19-22-18-12/h5-9H,3-4H2,1-2H3,(H2,15,19)(H,17,21). The summed E-state index contributed by atoms with van der Waals surface area (Å²) in [6.07, 6.45) is 1.54. The maximum absolute atomic E-state index is 11.7. The average molecular weight is 302 g/mol. The summed E-state index contributed by atoms with van der Waals surface area (Å²) in [6, 6.07) is 7.87. The number of hydrogen-bond acceptors (Lipinski definition) is 7. The van der Waals surface area contributed by atoms with E-state index in [0.717, 1.165) is 24.3 Å². The van der Waals surface area contributed by atoms with E-state index in [2.05, 4.69) is 44.2 Å². The highest BCUT2D eigenvalue weighted by Gasteiger charge is 2.14. The second-order valence-corrected chi connectivity index (χ2v) is 4.46. The van der Waals surface area contributed by atoms with Crippen LogP contribution in [0.4, 0.5) is 11.5 Å². The predicted molar refractivity (Wildman–Crippen MR) is 83.8 cm³/mol. The highest BCUT2D eigenvalue weighted by molar-refractivity contribution is 5.96. The molecule has 3 N–H and O–H groups in total. The zero-order valence-electron chi connectivity index (χ0n) is 12.5. The van der Waals surface area contributed by atoms with E-state index in [1.165, 1.54) is 6.21 Å². The van der Waals surface area contributed by atoms with Crippen LogP contribution in [0.15, 0.2) is 34.0 Å². The number of anilines is 2. The number of nitrogens with two attached hydrogens (primary N) is 1. The first-order valence-electron chi connectivity index (χ1n) is 6.92. The Hall–Kier alpha value is -2.90. The summed E-state index contributed by atoms with van der Waals surface area (Å²) < 4.78 is 4.35. The normalized spacial score (nSPS) is 10.8. The smallest absolute Gasteiger partial charge is 0.297 e. The van der Waals surface area contributed by atoms with Crippen molar-refractivity contribution in [2.45, 2.75) is 13.8 Å². The molecule has 1 aromatic heterocycles. The minimum Gasteiger partial charge on any atom is -0.379 e. The van der Waals surface area contributed by atoms with Gasteiger partial charge in [-0.25, -0.2) is 10.1 Å². The van der Waals surface area contributed by atoms with Gasteiger partial charge in [0, 0.05) is 18.8 Å². The van der Waals surface area contributed by atoms with Crippen molar-refractivity contribution in [3.05, 3.63) is 35.5 Å². The van der Waals surface area contributed by atoms with Gasteiger partial charge >= 0.3 is 0 Å². The number of nitrogens with zero attached hydrogens (tertiary/aromatic N) is 4. The number of hydrazone groups is 1. The van der Waals surface area contributed by atoms with Gasteiger partial charge in [-0.3, -0.25) is 4.79 Å². The molecule has 0 unspecified atom stereocenters. The van der Waals surface area contributed by atoms with Gasteiger partial charge in [0.1, 0.15) is 0 Å². The van der Waals surface area contributed by atoms with Crippen molar-refractivity contribution in [2.75, 3.05) is 23.7 Å². The molecule has 8 heteroatoms. The van der Waals surface area contributed by atoms with Crippen LogP contribution in [0.1, 0.15) is 29.9 Å². The Morgan fingerprint density at radius 3 is 2.55 bits per heavy atom. The van der Waals surface area contributed by atoms with Gasteiger partial charge < -0.3 is 10.6 Å². The van der Waals surface area contributed by atoms with Gasteiger partial charge in [-0.05, 0) is 41.9 Å². The summed E-state index contributed by atoms with van der Waals surface area (Å²) in [5.41, 5.74) is 9.64. The van der Waals surface area contributed by atoms with Gasteiger partial charge in [-0.1, -0.05) is 12.1 Å². The number of rotatable bonds is 6. The minimum absolute atomic E-state index is 0.0729.